The Balaban J connectivity index is 2.68. The van der Waals surface area contributed by atoms with Crippen LogP contribution in [-0.2, 0) is 7.05 Å². The van der Waals surface area contributed by atoms with Crippen molar-refractivity contribution in [1.29, 1.82) is 0 Å². The van der Waals surface area contributed by atoms with Crippen LogP contribution in [0.2, 0.25) is 0 Å². The van der Waals surface area contributed by atoms with Crippen molar-refractivity contribution in [3.8, 4) is 11.7 Å². The van der Waals surface area contributed by atoms with Gasteiger partial charge in [-0.1, -0.05) is 0 Å². The Morgan fingerprint density at radius 2 is 1.94 bits per heavy atom. The molecule has 0 amide bonds. The number of ether oxygens (including phenoxy) is 1. The predicted octanol–water partition coefficient (Wildman–Crippen LogP) is 0.591. The second-order valence-corrected chi connectivity index (χ2v) is 3.78. The van der Waals surface area contributed by atoms with Gasteiger partial charge in [0.15, 0.2) is 5.82 Å². The Labute approximate surface area is 98.5 Å². The zero-order chi connectivity index (χ0) is 12.6. The van der Waals surface area contributed by atoms with Crippen LogP contribution in [0.25, 0.3) is 5.82 Å². The van der Waals surface area contributed by atoms with Gasteiger partial charge in [0.25, 0.3) is 5.56 Å². The van der Waals surface area contributed by atoms with E-state index in [4.69, 9.17) is 4.74 Å². The van der Waals surface area contributed by atoms with Gasteiger partial charge in [0.05, 0.1) is 7.11 Å². The average molecular weight is 234 g/mol. The minimum absolute atomic E-state index is 0.120. The van der Waals surface area contributed by atoms with E-state index in [1.165, 1.54) is 11.8 Å². The number of nitrogens with zero attached hydrogens (tertiary/aromatic N) is 4. The van der Waals surface area contributed by atoms with E-state index < -0.39 is 0 Å². The van der Waals surface area contributed by atoms with E-state index in [0.29, 0.717) is 17.5 Å². The minimum Gasteiger partial charge on any atom is -0.481 e. The average Bonchev–Trinajstić information content (AvgIpc) is 2.52. The summed E-state index contributed by atoms with van der Waals surface area (Å²) in [7, 11) is 3.34. The number of methoxy groups -OCH3 is 1. The first-order valence-electron chi connectivity index (χ1n) is 5.18. The van der Waals surface area contributed by atoms with Crippen molar-refractivity contribution in [2.45, 2.75) is 13.8 Å². The molecule has 0 bridgehead atoms. The first kappa shape index (κ1) is 11.4. The molecular formula is C11H14N4O2. The van der Waals surface area contributed by atoms with Crippen LogP contribution < -0.4 is 10.3 Å². The summed E-state index contributed by atoms with van der Waals surface area (Å²) in [6.07, 6.45) is 0. The highest BCUT2D eigenvalue weighted by Crippen LogP contribution is 2.11. The lowest BCUT2D eigenvalue weighted by molar-refractivity contribution is 0.394. The zero-order valence-corrected chi connectivity index (χ0v) is 10.3. The summed E-state index contributed by atoms with van der Waals surface area (Å²) >= 11 is 0. The molecule has 2 aromatic rings. The van der Waals surface area contributed by atoms with Gasteiger partial charge in [0, 0.05) is 24.9 Å². The molecule has 0 atom stereocenters. The molecule has 0 radical (unpaired) electrons. The van der Waals surface area contributed by atoms with E-state index in [1.54, 1.807) is 30.8 Å². The van der Waals surface area contributed by atoms with E-state index in [9.17, 15) is 4.79 Å². The van der Waals surface area contributed by atoms with Gasteiger partial charge in [-0.3, -0.25) is 9.48 Å². The molecule has 2 aromatic heterocycles. The molecular weight excluding hydrogens is 220 g/mol. The number of aryl methyl sites for hydroxylation is 2. The Bertz CT molecular complexity index is 612. The third-order valence-electron chi connectivity index (χ3n) is 2.58. The molecule has 0 N–H and O–H groups in total. The quantitative estimate of drug-likeness (QED) is 0.763. The standard InChI is InChI=1S/C11H14N4O2/c1-7-5-11(16)15(14(7)3)9-6-10(17-4)13-8(2)12-9/h5-6H,1-4H3. The summed E-state index contributed by atoms with van der Waals surface area (Å²) in [6.45, 7) is 3.62. The Morgan fingerprint density at radius 1 is 1.24 bits per heavy atom. The Hall–Kier alpha value is -2.11. The molecule has 0 aromatic carbocycles. The Morgan fingerprint density at radius 3 is 2.47 bits per heavy atom. The maximum atomic E-state index is 11.8. The van der Waals surface area contributed by atoms with Gasteiger partial charge in [-0.15, -0.1) is 0 Å². The number of rotatable bonds is 2. The van der Waals surface area contributed by atoms with Crippen LogP contribution in [0.15, 0.2) is 16.9 Å². The van der Waals surface area contributed by atoms with Crippen molar-refractivity contribution in [2.75, 3.05) is 7.11 Å². The summed E-state index contributed by atoms with van der Waals surface area (Å²) in [6, 6.07) is 3.19. The largest absolute Gasteiger partial charge is 0.481 e. The summed E-state index contributed by atoms with van der Waals surface area (Å²) in [5.41, 5.74) is 0.746. The van der Waals surface area contributed by atoms with Crippen LogP contribution in [-0.4, -0.2) is 26.4 Å². The van der Waals surface area contributed by atoms with Crippen molar-refractivity contribution in [2.24, 2.45) is 7.05 Å². The number of aromatic nitrogens is 4. The molecule has 0 aliphatic heterocycles. The van der Waals surface area contributed by atoms with Gasteiger partial charge >= 0.3 is 0 Å². The third kappa shape index (κ3) is 1.93. The highest BCUT2D eigenvalue weighted by atomic mass is 16.5. The third-order valence-corrected chi connectivity index (χ3v) is 2.58. The molecule has 0 saturated carbocycles. The van der Waals surface area contributed by atoms with Crippen molar-refractivity contribution in [3.63, 3.8) is 0 Å². The minimum atomic E-state index is -0.120. The van der Waals surface area contributed by atoms with Crippen molar-refractivity contribution in [3.05, 3.63) is 34.0 Å². The molecule has 0 aliphatic carbocycles. The number of hydrogen-bond donors (Lipinski definition) is 0. The summed E-state index contributed by atoms with van der Waals surface area (Å²) in [4.78, 5) is 20.1. The van der Waals surface area contributed by atoms with Gasteiger partial charge in [-0.2, -0.15) is 9.67 Å². The van der Waals surface area contributed by atoms with Gasteiger partial charge < -0.3 is 4.74 Å². The predicted molar refractivity (Wildman–Crippen MR) is 62.6 cm³/mol. The van der Waals surface area contributed by atoms with Crippen LogP contribution in [0.1, 0.15) is 11.5 Å². The summed E-state index contributed by atoms with van der Waals surface area (Å²) in [5.74, 6) is 1.51. The maximum Gasteiger partial charge on any atom is 0.273 e. The van der Waals surface area contributed by atoms with Crippen molar-refractivity contribution in [1.82, 2.24) is 19.3 Å². The topological polar surface area (TPSA) is 61.9 Å². The maximum absolute atomic E-state index is 11.8. The highest BCUT2D eigenvalue weighted by Gasteiger charge is 2.10. The molecule has 6 nitrogen and oxygen atoms in total. The van der Waals surface area contributed by atoms with Gasteiger partial charge in [-0.05, 0) is 13.8 Å². The van der Waals surface area contributed by atoms with E-state index in [1.807, 2.05) is 6.92 Å². The molecule has 0 unspecified atom stereocenters. The second-order valence-electron chi connectivity index (χ2n) is 3.78. The monoisotopic (exact) mass is 234 g/mol. The zero-order valence-electron chi connectivity index (χ0n) is 10.3. The fraction of sp³-hybridized carbons (Fsp3) is 0.364. The lowest BCUT2D eigenvalue weighted by Crippen LogP contribution is -2.21. The Kier molecular flexibility index (Phi) is 2.71. The molecule has 0 spiro atoms. The van der Waals surface area contributed by atoms with Crippen molar-refractivity contribution < 1.29 is 4.74 Å². The normalized spacial score (nSPS) is 10.6. The molecule has 90 valence electrons. The first-order valence-corrected chi connectivity index (χ1v) is 5.18. The molecule has 0 aliphatic rings. The van der Waals surface area contributed by atoms with Crippen LogP contribution in [0, 0.1) is 13.8 Å². The molecule has 6 heteroatoms. The van der Waals surface area contributed by atoms with E-state index in [2.05, 4.69) is 9.97 Å². The van der Waals surface area contributed by atoms with Crippen molar-refractivity contribution >= 4 is 0 Å². The van der Waals surface area contributed by atoms with E-state index >= 15 is 0 Å². The van der Waals surface area contributed by atoms with Crippen LogP contribution in [0.4, 0.5) is 0 Å². The van der Waals surface area contributed by atoms with E-state index in [0.717, 1.165) is 5.69 Å². The van der Waals surface area contributed by atoms with Crippen LogP contribution in [0.3, 0.4) is 0 Å². The molecule has 2 heterocycles. The molecule has 0 fully saturated rings. The number of hydrogen-bond acceptors (Lipinski definition) is 4. The molecule has 2 rings (SSSR count). The highest BCUT2D eigenvalue weighted by molar-refractivity contribution is 5.28. The fourth-order valence-electron chi connectivity index (χ4n) is 1.64. The summed E-state index contributed by atoms with van der Waals surface area (Å²) in [5, 5.41) is 0. The molecule has 0 saturated heterocycles. The SMILES string of the molecule is COc1cc(-n2c(=O)cc(C)n2C)nc(C)n1. The van der Waals surface area contributed by atoms with Crippen LogP contribution in [0.5, 0.6) is 5.88 Å². The summed E-state index contributed by atoms with van der Waals surface area (Å²) < 4.78 is 8.29. The van der Waals surface area contributed by atoms with Gasteiger partial charge in [-0.25, -0.2) is 4.98 Å². The second kappa shape index (κ2) is 4.04. The lowest BCUT2D eigenvalue weighted by Gasteiger charge is -2.09. The lowest BCUT2D eigenvalue weighted by atomic mass is 10.5. The van der Waals surface area contributed by atoms with Crippen LogP contribution >= 0.6 is 0 Å². The van der Waals surface area contributed by atoms with Gasteiger partial charge in [0.2, 0.25) is 5.88 Å². The molecule has 17 heavy (non-hydrogen) atoms. The fourth-order valence-corrected chi connectivity index (χ4v) is 1.64. The van der Waals surface area contributed by atoms with Gasteiger partial charge in [0.1, 0.15) is 5.82 Å². The smallest absolute Gasteiger partial charge is 0.273 e. The van der Waals surface area contributed by atoms with E-state index in [-0.39, 0.29) is 5.56 Å². The first-order chi connectivity index (χ1) is 8.02.